The maximum Gasteiger partial charge on any atom is 0.325 e. The van der Waals surface area contributed by atoms with Gasteiger partial charge in [0.1, 0.15) is 12.1 Å². The van der Waals surface area contributed by atoms with Gasteiger partial charge in [0.15, 0.2) is 0 Å². The number of aliphatic carboxylic acids is 2. The zero-order valence-corrected chi connectivity index (χ0v) is 7.77. The lowest BCUT2D eigenvalue weighted by atomic mass is 10.3. The van der Waals surface area contributed by atoms with Gasteiger partial charge in [0.05, 0.1) is 0 Å². The van der Waals surface area contributed by atoms with E-state index in [4.69, 9.17) is 10.2 Å². The third kappa shape index (κ3) is 4.29. The van der Waals surface area contributed by atoms with Gasteiger partial charge in [-0.1, -0.05) is 0 Å². The predicted octanol–water partition coefficient (Wildman–Crippen LogP) is -0.768. The number of carbonyl (C=O) groups excluding carboxylic acids is 1. The average molecular weight is 204 g/mol. The molecule has 0 unspecified atom stereocenters. The monoisotopic (exact) mass is 204 g/mol. The molecule has 0 saturated heterocycles. The van der Waals surface area contributed by atoms with Gasteiger partial charge in [-0.3, -0.25) is 9.59 Å². The summed E-state index contributed by atoms with van der Waals surface area (Å²) in [4.78, 5) is 31.5. The molecule has 0 aromatic rings. The van der Waals surface area contributed by atoms with Crippen molar-refractivity contribution >= 4 is 18.0 Å². The summed E-state index contributed by atoms with van der Waals surface area (Å²) < 4.78 is 0. The van der Waals surface area contributed by atoms with E-state index < -0.39 is 30.1 Å². The van der Waals surface area contributed by atoms with Gasteiger partial charge < -0.3 is 20.8 Å². The Bertz CT molecular complexity index is 228. The molecule has 0 aliphatic heterocycles. The van der Waals surface area contributed by atoms with Crippen LogP contribution in [0.4, 0.5) is 4.79 Å². The Hall–Kier alpha value is -1.79. The van der Waals surface area contributed by atoms with E-state index in [-0.39, 0.29) is 0 Å². The number of rotatable bonds is 4. The fraction of sp³-hybridized carbons (Fsp3) is 0.571. The summed E-state index contributed by atoms with van der Waals surface area (Å²) in [6.07, 6.45) is 0. The van der Waals surface area contributed by atoms with Crippen molar-refractivity contribution < 1.29 is 24.6 Å². The first-order valence-electron chi connectivity index (χ1n) is 3.87. The molecular formula is C7H12N2O5. The normalized spacial score (nSPS) is 13.9. The zero-order valence-electron chi connectivity index (χ0n) is 7.77. The Kier molecular flexibility index (Phi) is 4.41. The molecule has 2 amide bonds. The second-order valence-electron chi connectivity index (χ2n) is 2.74. The molecule has 7 nitrogen and oxygen atoms in total. The van der Waals surface area contributed by atoms with Gasteiger partial charge in [0.2, 0.25) is 0 Å². The van der Waals surface area contributed by atoms with E-state index >= 15 is 0 Å². The van der Waals surface area contributed by atoms with Crippen LogP contribution >= 0.6 is 0 Å². The van der Waals surface area contributed by atoms with Gasteiger partial charge in [0.25, 0.3) is 0 Å². The third-order valence-corrected chi connectivity index (χ3v) is 1.44. The number of amides is 2. The Balaban J connectivity index is 3.99. The molecule has 0 aliphatic rings. The van der Waals surface area contributed by atoms with Crippen molar-refractivity contribution in [3.8, 4) is 0 Å². The van der Waals surface area contributed by atoms with Gasteiger partial charge >= 0.3 is 18.0 Å². The Labute approximate surface area is 80.1 Å². The lowest BCUT2D eigenvalue weighted by Gasteiger charge is -2.12. The smallest absolute Gasteiger partial charge is 0.325 e. The molecule has 4 N–H and O–H groups in total. The number of urea groups is 1. The summed E-state index contributed by atoms with van der Waals surface area (Å²) >= 11 is 0. The van der Waals surface area contributed by atoms with Crippen LogP contribution in [0.3, 0.4) is 0 Å². The molecule has 0 aromatic heterocycles. The van der Waals surface area contributed by atoms with Crippen LogP contribution < -0.4 is 10.6 Å². The van der Waals surface area contributed by atoms with Crippen LogP contribution in [0.5, 0.6) is 0 Å². The highest BCUT2D eigenvalue weighted by Gasteiger charge is 2.17. The lowest BCUT2D eigenvalue weighted by Crippen LogP contribution is -2.49. The topological polar surface area (TPSA) is 116 Å². The van der Waals surface area contributed by atoms with Crippen molar-refractivity contribution in [2.45, 2.75) is 25.9 Å². The molecular weight excluding hydrogens is 192 g/mol. The molecule has 2 atom stereocenters. The largest absolute Gasteiger partial charge is 0.480 e. The minimum Gasteiger partial charge on any atom is -0.480 e. The Morgan fingerprint density at radius 1 is 0.929 bits per heavy atom. The molecule has 0 spiro atoms. The molecule has 0 aliphatic carbocycles. The summed E-state index contributed by atoms with van der Waals surface area (Å²) in [5.74, 6) is -2.38. The summed E-state index contributed by atoms with van der Waals surface area (Å²) in [6.45, 7) is 2.54. The van der Waals surface area contributed by atoms with Crippen molar-refractivity contribution in [3.05, 3.63) is 0 Å². The fourth-order valence-corrected chi connectivity index (χ4v) is 0.558. The first-order chi connectivity index (χ1) is 6.34. The summed E-state index contributed by atoms with van der Waals surface area (Å²) in [6, 6.07) is -2.94. The Morgan fingerprint density at radius 2 is 1.21 bits per heavy atom. The minimum absolute atomic E-state index is 0.824. The lowest BCUT2D eigenvalue weighted by molar-refractivity contribution is -0.139. The highest BCUT2D eigenvalue weighted by atomic mass is 16.4. The molecule has 0 radical (unpaired) electrons. The molecule has 0 rings (SSSR count). The molecule has 0 fully saturated rings. The maximum absolute atomic E-state index is 10.9. The number of carboxylic acids is 2. The predicted molar refractivity (Wildman–Crippen MR) is 45.9 cm³/mol. The molecule has 7 heteroatoms. The quantitative estimate of drug-likeness (QED) is 0.480. The van der Waals surface area contributed by atoms with Gasteiger partial charge in [-0.15, -0.1) is 0 Å². The number of hydrogen-bond acceptors (Lipinski definition) is 3. The van der Waals surface area contributed by atoms with E-state index in [0.29, 0.717) is 0 Å². The van der Waals surface area contributed by atoms with Crippen LogP contribution in [-0.2, 0) is 9.59 Å². The summed E-state index contributed by atoms with van der Waals surface area (Å²) in [7, 11) is 0. The van der Waals surface area contributed by atoms with Gasteiger partial charge in [0, 0.05) is 0 Å². The van der Waals surface area contributed by atoms with Crippen LogP contribution in [0.2, 0.25) is 0 Å². The van der Waals surface area contributed by atoms with Crippen LogP contribution in [0, 0.1) is 0 Å². The third-order valence-electron chi connectivity index (χ3n) is 1.44. The second kappa shape index (κ2) is 5.05. The van der Waals surface area contributed by atoms with Gasteiger partial charge in [-0.2, -0.15) is 0 Å². The van der Waals surface area contributed by atoms with E-state index in [9.17, 15) is 14.4 Å². The molecule has 0 heterocycles. The van der Waals surface area contributed by atoms with E-state index in [2.05, 4.69) is 10.6 Å². The molecule has 0 aromatic carbocycles. The van der Waals surface area contributed by atoms with Crippen molar-refractivity contribution in [1.82, 2.24) is 10.6 Å². The first kappa shape index (κ1) is 12.2. The Morgan fingerprint density at radius 3 is 1.43 bits per heavy atom. The molecule has 0 bridgehead atoms. The van der Waals surface area contributed by atoms with E-state index in [1.54, 1.807) is 0 Å². The maximum atomic E-state index is 10.9. The molecule has 14 heavy (non-hydrogen) atoms. The number of hydrogen-bond donors (Lipinski definition) is 4. The zero-order chi connectivity index (χ0) is 11.3. The van der Waals surface area contributed by atoms with Crippen LogP contribution in [0.15, 0.2) is 0 Å². The fourth-order valence-electron chi connectivity index (χ4n) is 0.558. The molecule has 0 saturated carbocycles. The van der Waals surface area contributed by atoms with Crippen LogP contribution in [0.1, 0.15) is 13.8 Å². The SMILES string of the molecule is C[C@H](NC(=O)N[C@@H](C)C(=O)O)C(=O)O. The second-order valence-corrected chi connectivity index (χ2v) is 2.74. The highest BCUT2D eigenvalue weighted by Crippen LogP contribution is 1.84. The van der Waals surface area contributed by atoms with Crippen LogP contribution in [-0.4, -0.2) is 40.3 Å². The summed E-state index contributed by atoms with van der Waals surface area (Å²) in [5, 5.41) is 20.9. The van der Waals surface area contributed by atoms with E-state index in [0.717, 1.165) is 0 Å². The van der Waals surface area contributed by atoms with Crippen LogP contribution in [0.25, 0.3) is 0 Å². The van der Waals surface area contributed by atoms with Crippen molar-refractivity contribution in [3.63, 3.8) is 0 Å². The number of carbonyl (C=O) groups is 3. The van der Waals surface area contributed by atoms with E-state index in [1.807, 2.05) is 0 Å². The standard InChI is InChI=1S/C7H12N2O5/c1-3(5(10)11)8-7(14)9-4(2)6(12)13/h3-4H,1-2H3,(H,10,11)(H,12,13)(H2,8,9,14)/t3-,4-/m0/s1. The number of carboxylic acid groups (broad SMARTS) is 2. The van der Waals surface area contributed by atoms with Crippen molar-refractivity contribution in [2.24, 2.45) is 0 Å². The number of nitrogens with one attached hydrogen (secondary N) is 2. The molecule has 80 valence electrons. The van der Waals surface area contributed by atoms with Crippen molar-refractivity contribution in [2.75, 3.05) is 0 Å². The first-order valence-corrected chi connectivity index (χ1v) is 3.87. The average Bonchev–Trinajstić information content (AvgIpc) is 2.03. The van der Waals surface area contributed by atoms with Gasteiger partial charge in [-0.25, -0.2) is 4.79 Å². The minimum atomic E-state index is -1.19. The summed E-state index contributed by atoms with van der Waals surface area (Å²) in [5.41, 5.74) is 0. The van der Waals surface area contributed by atoms with Crippen molar-refractivity contribution in [1.29, 1.82) is 0 Å². The van der Waals surface area contributed by atoms with Gasteiger partial charge in [-0.05, 0) is 13.8 Å². The highest BCUT2D eigenvalue weighted by molar-refractivity contribution is 5.85. The van der Waals surface area contributed by atoms with E-state index in [1.165, 1.54) is 13.8 Å².